The van der Waals surface area contributed by atoms with E-state index in [1.54, 1.807) is 17.6 Å². The maximum absolute atomic E-state index is 12.5. The number of hydrogen-bond acceptors (Lipinski definition) is 7. The number of amides is 2. The largest absolute Gasteiger partial charge is 0.491 e. The summed E-state index contributed by atoms with van der Waals surface area (Å²) in [6.45, 7) is 2.54. The van der Waals surface area contributed by atoms with Gasteiger partial charge in [-0.05, 0) is 30.9 Å². The van der Waals surface area contributed by atoms with E-state index in [4.69, 9.17) is 10.5 Å². The van der Waals surface area contributed by atoms with Gasteiger partial charge >= 0.3 is 0 Å². The van der Waals surface area contributed by atoms with Crippen LogP contribution in [0.4, 0.5) is 5.82 Å². The molecule has 0 spiro atoms. The number of anilines is 1. The molecule has 0 aliphatic carbocycles. The predicted molar refractivity (Wildman–Crippen MR) is 122 cm³/mol. The first-order valence-electron chi connectivity index (χ1n) is 11.3. The van der Waals surface area contributed by atoms with Crippen molar-refractivity contribution in [3.8, 4) is 5.75 Å². The zero-order valence-corrected chi connectivity index (χ0v) is 18.4. The summed E-state index contributed by atoms with van der Waals surface area (Å²) in [5.41, 5.74) is 8.94. The molecule has 3 aromatic rings. The molecule has 10 nitrogen and oxygen atoms in total. The first-order chi connectivity index (χ1) is 16.1. The molecule has 172 valence electrons. The molecule has 1 atom stereocenters. The Balaban J connectivity index is 1.29. The molecule has 2 aliphatic heterocycles. The lowest BCUT2D eigenvalue weighted by atomic mass is 9.98. The summed E-state index contributed by atoms with van der Waals surface area (Å²) in [4.78, 5) is 43.7. The number of H-pyrrole nitrogens is 1. The molecule has 5 rings (SSSR count). The van der Waals surface area contributed by atoms with Crippen LogP contribution in [0.5, 0.6) is 5.75 Å². The van der Waals surface area contributed by atoms with Gasteiger partial charge in [0.05, 0.1) is 12.4 Å². The van der Waals surface area contributed by atoms with Gasteiger partial charge in [0, 0.05) is 38.0 Å². The average Bonchev–Trinajstić information content (AvgIpc) is 3.50. The van der Waals surface area contributed by atoms with Crippen LogP contribution in [0.2, 0.25) is 0 Å². The van der Waals surface area contributed by atoms with Crippen LogP contribution in [0.1, 0.15) is 36.8 Å². The van der Waals surface area contributed by atoms with Gasteiger partial charge in [0.25, 0.3) is 0 Å². The molecule has 0 bridgehead atoms. The normalized spacial score (nSPS) is 17.9. The zero-order chi connectivity index (χ0) is 22.8. The fourth-order valence-electron chi connectivity index (χ4n) is 4.73. The third-order valence-electron chi connectivity index (χ3n) is 6.45. The van der Waals surface area contributed by atoms with Gasteiger partial charge in [0.2, 0.25) is 11.8 Å². The Bertz CT molecular complexity index is 1180. The molecular weight excluding hydrogens is 422 g/mol. The molecule has 33 heavy (non-hydrogen) atoms. The van der Waals surface area contributed by atoms with Crippen LogP contribution in [0.3, 0.4) is 0 Å². The molecule has 2 aliphatic rings. The predicted octanol–water partition coefficient (Wildman–Crippen LogP) is 1.55. The molecule has 0 saturated carbocycles. The fourth-order valence-corrected chi connectivity index (χ4v) is 4.73. The van der Waals surface area contributed by atoms with E-state index in [2.05, 4.69) is 30.9 Å². The van der Waals surface area contributed by atoms with Crippen LogP contribution in [-0.2, 0) is 22.6 Å². The number of primary amides is 1. The Labute approximate surface area is 191 Å². The number of hydrogen-bond donors (Lipinski definition) is 2. The summed E-state index contributed by atoms with van der Waals surface area (Å²) in [6, 6.07) is 6.24. The van der Waals surface area contributed by atoms with Gasteiger partial charge in [-0.1, -0.05) is 12.1 Å². The molecule has 4 heterocycles. The molecule has 0 unspecified atom stereocenters. The minimum absolute atomic E-state index is 0.0523. The molecule has 3 N–H and O–H groups in total. The van der Waals surface area contributed by atoms with Gasteiger partial charge in [-0.25, -0.2) is 15.0 Å². The Morgan fingerprint density at radius 3 is 2.97 bits per heavy atom. The highest BCUT2D eigenvalue weighted by Crippen LogP contribution is 2.31. The number of rotatable bonds is 7. The van der Waals surface area contributed by atoms with Crippen molar-refractivity contribution < 1.29 is 14.3 Å². The second-order valence-corrected chi connectivity index (χ2v) is 8.52. The van der Waals surface area contributed by atoms with Crippen molar-refractivity contribution in [2.24, 2.45) is 5.73 Å². The molecule has 2 aromatic heterocycles. The number of ether oxygens (including phenoxy) is 1. The number of fused-ring (bicyclic) bond motifs is 2. The summed E-state index contributed by atoms with van der Waals surface area (Å²) >= 11 is 0. The quantitative estimate of drug-likeness (QED) is 0.560. The van der Waals surface area contributed by atoms with Crippen molar-refractivity contribution in [1.82, 2.24) is 24.8 Å². The van der Waals surface area contributed by atoms with Crippen LogP contribution in [0.25, 0.3) is 11.2 Å². The molecule has 1 aromatic carbocycles. The van der Waals surface area contributed by atoms with Gasteiger partial charge in [-0.2, -0.15) is 0 Å². The highest BCUT2D eigenvalue weighted by atomic mass is 16.5. The van der Waals surface area contributed by atoms with Crippen molar-refractivity contribution in [2.75, 3.05) is 24.6 Å². The zero-order valence-electron chi connectivity index (χ0n) is 18.4. The number of nitrogens with one attached hydrogen (secondary N) is 1. The van der Waals surface area contributed by atoms with Gasteiger partial charge in [0.15, 0.2) is 11.5 Å². The van der Waals surface area contributed by atoms with E-state index in [-0.39, 0.29) is 24.8 Å². The minimum atomic E-state index is -0.456. The highest BCUT2D eigenvalue weighted by molar-refractivity contribution is 5.83. The second-order valence-electron chi connectivity index (χ2n) is 8.52. The Hall–Kier alpha value is -3.69. The number of carbonyl (C=O) groups excluding carboxylic acids is 2. The van der Waals surface area contributed by atoms with Crippen molar-refractivity contribution in [1.29, 1.82) is 0 Å². The number of nitrogens with zero attached hydrogens (tertiary/aromatic N) is 5. The summed E-state index contributed by atoms with van der Waals surface area (Å²) in [5.74, 6) is 1.15. The summed E-state index contributed by atoms with van der Waals surface area (Å²) in [5, 5.41) is 0. The van der Waals surface area contributed by atoms with E-state index in [0.29, 0.717) is 25.3 Å². The summed E-state index contributed by atoms with van der Waals surface area (Å²) < 4.78 is 6.34. The SMILES string of the molecule is NC(=O)CCC(=O)N1CCc2cccc(OC[C@H]3CCCN3c3ncnc4nc[nH]c34)c2C1. The Morgan fingerprint density at radius 1 is 1.18 bits per heavy atom. The maximum atomic E-state index is 12.5. The Morgan fingerprint density at radius 2 is 2.09 bits per heavy atom. The maximum Gasteiger partial charge on any atom is 0.223 e. The van der Waals surface area contributed by atoms with Crippen molar-refractivity contribution in [3.63, 3.8) is 0 Å². The molecule has 2 amide bonds. The smallest absolute Gasteiger partial charge is 0.223 e. The van der Waals surface area contributed by atoms with Crippen LogP contribution in [-0.4, -0.2) is 62.4 Å². The number of nitrogens with two attached hydrogens (primary N) is 1. The van der Waals surface area contributed by atoms with E-state index in [1.807, 2.05) is 12.1 Å². The molecule has 0 radical (unpaired) electrons. The van der Waals surface area contributed by atoms with E-state index in [1.165, 1.54) is 5.56 Å². The number of aromatic amines is 1. The van der Waals surface area contributed by atoms with E-state index >= 15 is 0 Å². The average molecular weight is 450 g/mol. The monoisotopic (exact) mass is 449 g/mol. The standard InChI is InChI=1S/C23H27N7O3/c24-19(31)6-7-20(32)29-10-8-15-3-1-5-18(17(15)11-29)33-12-16-4-2-9-30(16)23-21-22(26-13-25-21)27-14-28-23/h1,3,5,13-14,16H,2,4,6-12H2,(H2,24,31)(H,25,26,27,28)/t16-/m1/s1. The molecule has 1 saturated heterocycles. The number of carbonyl (C=O) groups is 2. The first kappa shape index (κ1) is 21.2. The number of imidazole rings is 1. The van der Waals surface area contributed by atoms with Gasteiger partial charge in [-0.15, -0.1) is 0 Å². The van der Waals surface area contributed by atoms with Crippen LogP contribution in [0, 0.1) is 0 Å². The van der Waals surface area contributed by atoms with Gasteiger partial charge in [-0.3, -0.25) is 9.59 Å². The van der Waals surface area contributed by atoms with Gasteiger partial charge < -0.3 is 25.3 Å². The van der Waals surface area contributed by atoms with Crippen molar-refractivity contribution in [3.05, 3.63) is 42.0 Å². The molecular formula is C23H27N7O3. The Kier molecular flexibility index (Phi) is 5.80. The summed E-state index contributed by atoms with van der Waals surface area (Å²) in [6.07, 6.45) is 6.23. The van der Waals surface area contributed by atoms with Crippen LogP contribution >= 0.6 is 0 Å². The van der Waals surface area contributed by atoms with Crippen LogP contribution in [0.15, 0.2) is 30.9 Å². The molecule has 1 fully saturated rings. The number of benzene rings is 1. The minimum Gasteiger partial charge on any atom is -0.491 e. The van der Waals surface area contributed by atoms with E-state index in [9.17, 15) is 9.59 Å². The third-order valence-corrected chi connectivity index (χ3v) is 6.45. The highest BCUT2D eigenvalue weighted by Gasteiger charge is 2.29. The number of aromatic nitrogens is 4. The van der Waals surface area contributed by atoms with Crippen molar-refractivity contribution in [2.45, 2.75) is 44.7 Å². The van der Waals surface area contributed by atoms with E-state index in [0.717, 1.165) is 48.5 Å². The second kappa shape index (κ2) is 9.05. The molecule has 10 heteroatoms. The fraction of sp³-hybridized carbons (Fsp3) is 0.435. The third kappa shape index (κ3) is 4.33. The van der Waals surface area contributed by atoms with Crippen molar-refractivity contribution >= 4 is 28.8 Å². The van der Waals surface area contributed by atoms with E-state index < -0.39 is 5.91 Å². The van der Waals surface area contributed by atoms with Crippen LogP contribution < -0.4 is 15.4 Å². The lowest BCUT2D eigenvalue weighted by Crippen LogP contribution is -2.37. The van der Waals surface area contributed by atoms with Gasteiger partial charge in [0.1, 0.15) is 24.2 Å². The first-order valence-corrected chi connectivity index (χ1v) is 11.3. The topological polar surface area (TPSA) is 130 Å². The lowest BCUT2D eigenvalue weighted by Gasteiger charge is -2.31. The summed E-state index contributed by atoms with van der Waals surface area (Å²) in [7, 11) is 0. The lowest BCUT2D eigenvalue weighted by molar-refractivity contribution is -0.134.